The molecule has 19 heavy (non-hydrogen) atoms. The van der Waals surface area contributed by atoms with Crippen LogP contribution < -0.4 is 14.8 Å². The molecule has 0 atom stereocenters. The van der Waals surface area contributed by atoms with Crippen molar-refractivity contribution < 1.29 is 18.8 Å². The molecule has 0 aliphatic carbocycles. The number of aryl methyl sites for hydroxylation is 1. The van der Waals surface area contributed by atoms with Crippen LogP contribution in [0.25, 0.3) is 0 Å². The molecule has 0 bridgehead atoms. The molecule has 2 heterocycles. The van der Waals surface area contributed by atoms with Gasteiger partial charge in [-0.15, -0.1) is 0 Å². The lowest BCUT2D eigenvalue weighted by atomic mass is 10.1. The number of carbonyl (C=O) groups excluding carboxylic acids is 1. The zero-order valence-electron chi connectivity index (χ0n) is 10.3. The second-order valence-electron chi connectivity index (χ2n) is 4.25. The number of ether oxygens (including phenoxy) is 2. The van der Waals surface area contributed by atoms with Crippen molar-refractivity contribution in [3.63, 3.8) is 0 Å². The summed E-state index contributed by atoms with van der Waals surface area (Å²) in [6.45, 7) is 2.01. The Morgan fingerprint density at radius 2 is 2.16 bits per heavy atom. The fourth-order valence-corrected chi connectivity index (χ4v) is 1.84. The number of nitrogens with one attached hydrogen (secondary N) is 1. The van der Waals surface area contributed by atoms with Crippen LogP contribution in [0.2, 0.25) is 0 Å². The van der Waals surface area contributed by atoms with Gasteiger partial charge in [-0.3, -0.25) is 10.1 Å². The van der Waals surface area contributed by atoms with Gasteiger partial charge >= 0.3 is 0 Å². The number of carbonyl (C=O) groups is 1. The lowest BCUT2D eigenvalue weighted by Gasteiger charge is -2.03. The minimum Gasteiger partial charge on any atom is -0.454 e. The summed E-state index contributed by atoms with van der Waals surface area (Å²) < 4.78 is 15.4. The van der Waals surface area contributed by atoms with Gasteiger partial charge in [0.25, 0.3) is 0 Å². The Morgan fingerprint density at radius 1 is 1.32 bits per heavy atom. The largest absolute Gasteiger partial charge is 0.454 e. The van der Waals surface area contributed by atoms with E-state index >= 15 is 0 Å². The molecule has 0 radical (unpaired) electrons. The molecular weight excluding hydrogens is 248 g/mol. The Hall–Kier alpha value is -2.50. The Balaban J connectivity index is 1.66. The summed E-state index contributed by atoms with van der Waals surface area (Å²) in [5.41, 5.74) is 1.57. The average Bonchev–Trinajstić information content (AvgIpc) is 2.97. The molecule has 98 valence electrons. The topological polar surface area (TPSA) is 73.6 Å². The van der Waals surface area contributed by atoms with Crippen molar-refractivity contribution >= 4 is 11.8 Å². The predicted molar refractivity (Wildman–Crippen MR) is 66.1 cm³/mol. The van der Waals surface area contributed by atoms with E-state index in [2.05, 4.69) is 10.5 Å². The van der Waals surface area contributed by atoms with Crippen LogP contribution in [-0.2, 0) is 11.2 Å². The fraction of sp³-hybridized carbons (Fsp3) is 0.231. The predicted octanol–water partition coefficient (Wildman–Crippen LogP) is 1.89. The number of aromatic nitrogens is 1. The van der Waals surface area contributed by atoms with Gasteiger partial charge in [-0.2, -0.15) is 0 Å². The standard InChI is InChI=1S/C13H12N2O4/c1-8-4-13(19-15-8)14-12(16)6-9-2-3-10-11(5-9)18-7-17-10/h2-5H,6-7H2,1H3,(H,14,16). The number of amides is 1. The lowest BCUT2D eigenvalue weighted by Crippen LogP contribution is -2.13. The van der Waals surface area contributed by atoms with E-state index in [1.54, 1.807) is 25.1 Å². The SMILES string of the molecule is Cc1cc(NC(=O)Cc2ccc3c(c2)OCO3)on1. The molecule has 3 rings (SSSR count). The zero-order chi connectivity index (χ0) is 13.2. The maximum Gasteiger partial charge on any atom is 0.231 e. The fourth-order valence-electron chi connectivity index (χ4n) is 1.84. The quantitative estimate of drug-likeness (QED) is 0.912. The molecule has 1 amide bonds. The third-order valence-corrected chi connectivity index (χ3v) is 2.69. The summed E-state index contributed by atoms with van der Waals surface area (Å²) in [6, 6.07) is 7.09. The molecule has 0 unspecified atom stereocenters. The van der Waals surface area contributed by atoms with Gasteiger partial charge in [0.2, 0.25) is 18.6 Å². The van der Waals surface area contributed by atoms with Crippen molar-refractivity contribution in [2.24, 2.45) is 0 Å². The number of nitrogens with zero attached hydrogens (tertiary/aromatic N) is 1. The molecule has 0 fully saturated rings. The highest BCUT2D eigenvalue weighted by Crippen LogP contribution is 2.32. The minimum absolute atomic E-state index is 0.171. The van der Waals surface area contributed by atoms with E-state index in [9.17, 15) is 4.79 Å². The molecule has 6 heteroatoms. The van der Waals surface area contributed by atoms with Gasteiger partial charge in [-0.1, -0.05) is 11.2 Å². The van der Waals surface area contributed by atoms with E-state index in [0.717, 1.165) is 11.3 Å². The van der Waals surface area contributed by atoms with Crippen molar-refractivity contribution in [3.05, 3.63) is 35.5 Å². The highest BCUT2D eigenvalue weighted by molar-refractivity contribution is 5.91. The summed E-state index contributed by atoms with van der Waals surface area (Å²) in [6.07, 6.45) is 0.233. The summed E-state index contributed by atoms with van der Waals surface area (Å²) in [5, 5.41) is 6.34. The van der Waals surface area contributed by atoms with Crippen LogP contribution in [0.3, 0.4) is 0 Å². The third-order valence-electron chi connectivity index (χ3n) is 2.69. The maximum absolute atomic E-state index is 11.8. The number of fused-ring (bicyclic) bond motifs is 1. The average molecular weight is 260 g/mol. The van der Waals surface area contributed by atoms with Gasteiger partial charge in [0, 0.05) is 6.07 Å². The van der Waals surface area contributed by atoms with E-state index in [-0.39, 0.29) is 19.1 Å². The first-order valence-corrected chi connectivity index (χ1v) is 5.82. The first kappa shape index (κ1) is 11.6. The van der Waals surface area contributed by atoms with Gasteiger partial charge in [0.1, 0.15) is 0 Å². The van der Waals surface area contributed by atoms with Gasteiger partial charge < -0.3 is 14.0 Å². The van der Waals surface area contributed by atoms with Crippen molar-refractivity contribution in [3.8, 4) is 11.5 Å². The number of hydrogen-bond donors (Lipinski definition) is 1. The van der Waals surface area contributed by atoms with Crippen molar-refractivity contribution in [2.45, 2.75) is 13.3 Å². The van der Waals surface area contributed by atoms with Gasteiger partial charge in [0.15, 0.2) is 11.5 Å². The number of hydrogen-bond acceptors (Lipinski definition) is 5. The number of anilines is 1. The minimum atomic E-state index is -0.171. The van der Waals surface area contributed by atoms with Crippen molar-refractivity contribution in [2.75, 3.05) is 12.1 Å². The van der Waals surface area contributed by atoms with Crippen LogP contribution >= 0.6 is 0 Å². The second-order valence-corrected chi connectivity index (χ2v) is 4.25. The molecule has 1 aliphatic heterocycles. The van der Waals surface area contributed by atoms with Gasteiger partial charge in [0.05, 0.1) is 12.1 Å². The monoisotopic (exact) mass is 260 g/mol. The first-order chi connectivity index (χ1) is 9.20. The Kier molecular flexibility index (Phi) is 2.83. The van der Waals surface area contributed by atoms with E-state index < -0.39 is 0 Å². The molecule has 1 aromatic heterocycles. The summed E-state index contributed by atoms with van der Waals surface area (Å²) in [4.78, 5) is 11.8. The zero-order valence-corrected chi connectivity index (χ0v) is 10.3. The highest BCUT2D eigenvalue weighted by atomic mass is 16.7. The Bertz CT molecular complexity index is 621. The summed E-state index contributed by atoms with van der Waals surface area (Å²) in [7, 11) is 0. The van der Waals surface area contributed by atoms with Crippen LogP contribution in [-0.4, -0.2) is 17.9 Å². The van der Waals surface area contributed by atoms with Crippen molar-refractivity contribution in [1.29, 1.82) is 0 Å². The van der Waals surface area contributed by atoms with Crippen LogP contribution in [0, 0.1) is 6.92 Å². The molecule has 2 aromatic rings. The van der Waals surface area contributed by atoms with Gasteiger partial charge in [-0.25, -0.2) is 0 Å². The molecule has 0 saturated heterocycles. The van der Waals surface area contributed by atoms with E-state index in [1.807, 2.05) is 6.07 Å². The van der Waals surface area contributed by atoms with Gasteiger partial charge in [-0.05, 0) is 24.6 Å². The molecular formula is C13H12N2O4. The third kappa shape index (κ3) is 2.52. The molecule has 0 spiro atoms. The normalized spacial score (nSPS) is 12.5. The van der Waals surface area contributed by atoms with Crippen LogP contribution in [0.15, 0.2) is 28.8 Å². The molecule has 1 aliphatic rings. The lowest BCUT2D eigenvalue weighted by molar-refractivity contribution is -0.115. The number of benzene rings is 1. The Morgan fingerprint density at radius 3 is 2.95 bits per heavy atom. The van der Waals surface area contributed by atoms with Crippen LogP contribution in [0.4, 0.5) is 5.88 Å². The van der Waals surface area contributed by atoms with E-state index in [1.165, 1.54) is 0 Å². The summed E-state index contributed by atoms with van der Waals surface area (Å²) in [5.74, 6) is 1.55. The Labute approximate surface area is 109 Å². The molecule has 0 saturated carbocycles. The second kappa shape index (κ2) is 4.64. The summed E-state index contributed by atoms with van der Waals surface area (Å²) >= 11 is 0. The number of rotatable bonds is 3. The first-order valence-electron chi connectivity index (χ1n) is 5.82. The van der Waals surface area contributed by atoms with E-state index in [4.69, 9.17) is 14.0 Å². The molecule has 1 N–H and O–H groups in total. The smallest absolute Gasteiger partial charge is 0.231 e. The van der Waals surface area contributed by atoms with Crippen LogP contribution in [0.1, 0.15) is 11.3 Å². The van der Waals surface area contributed by atoms with Crippen molar-refractivity contribution in [1.82, 2.24) is 5.16 Å². The molecule has 6 nitrogen and oxygen atoms in total. The molecule has 1 aromatic carbocycles. The maximum atomic E-state index is 11.8. The van der Waals surface area contributed by atoms with E-state index in [0.29, 0.717) is 17.4 Å². The van der Waals surface area contributed by atoms with Crippen LogP contribution in [0.5, 0.6) is 11.5 Å². The highest BCUT2D eigenvalue weighted by Gasteiger charge is 2.15.